The molecule has 0 amide bonds. The van der Waals surface area contributed by atoms with Crippen molar-refractivity contribution in [2.45, 2.75) is 58.0 Å². The van der Waals surface area contributed by atoms with Crippen molar-refractivity contribution in [3.05, 3.63) is 28.5 Å². The van der Waals surface area contributed by atoms with Gasteiger partial charge in [-0.3, -0.25) is 4.98 Å². The number of aromatic nitrogens is 1. The summed E-state index contributed by atoms with van der Waals surface area (Å²) in [5.41, 5.74) is 0.779. The number of pyridine rings is 1. The Morgan fingerprint density at radius 2 is 1.88 bits per heavy atom. The van der Waals surface area contributed by atoms with Gasteiger partial charge in [0.05, 0.1) is 11.8 Å². The van der Waals surface area contributed by atoms with E-state index in [-0.39, 0.29) is 0 Å². The Labute approximate surface area is 113 Å². The molecule has 1 heterocycles. The molecule has 1 N–H and O–H groups in total. The van der Waals surface area contributed by atoms with Gasteiger partial charge in [0.25, 0.3) is 0 Å². The Balaban J connectivity index is 2.16. The number of hydrogen-bond acceptors (Lipinski definition) is 2. The Hall–Kier alpha value is -0.410. The van der Waals surface area contributed by atoms with Crippen molar-refractivity contribution in [3.8, 4) is 0 Å². The zero-order valence-corrected chi connectivity index (χ0v) is 12.1. The summed E-state index contributed by atoms with van der Waals surface area (Å²) in [4.78, 5) is 4.21. The van der Waals surface area contributed by atoms with Crippen LogP contribution in [0, 0.1) is 0 Å². The minimum absolute atomic E-state index is 0.408. The third-order valence-corrected chi connectivity index (χ3v) is 3.39. The summed E-state index contributed by atoms with van der Waals surface area (Å²) in [5, 5.41) is 9.94. The van der Waals surface area contributed by atoms with Gasteiger partial charge in [0.15, 0.2) is 0 Å². The quantitative estimate of drug-likeness (QED) is 0.710. The molecule has 1 aromatic rings. The van der Waals surface area contributed by atoms with Crippen molar-refractivity contribution in [2.75, 3.05) is 0 Å². The average molecular weight is 300 g/mol. The number of nitrogens with zero attached hydrogens (tertiary/aromatic N) is 1. The van der Waals surface area contributed by atoms with E-state index in [1.54, 1.807) is 6.20 Å². The number of unbranched alkanes of at least 4 members (excludes halogenated alkanes) is 5. The van der Waals surface area contributed by atoms with Crippen LogP contribution in [0.3, 0.4) is 0 Å². The van der Waals surface area contributed by atoms with E-state index >= 15 is 0 Å². The molecule has 0 aliphatic carbocycles. The molecule has 1 atom stereocenters. The topological polar surface area (TPSA) is 33.1 Å². The van der Waals surface area contributed by atoms with Crippen LogP contribution < -0.4 is 0 Å². The van der Waals surface area contributed by atoms with Gasteiger partial charge in [-0.1, -0.05) is 45.4 Å². The highest BCUT2D eigenvalue weighted by atomic mass is 79.9. The van der Waals surface area contributed by atoms with Gasteiger partial charge in [0, 0.05) is 10.7 Å². The van der Waals surface area contributed by atoms with Crippen molar-refractivity contribution < 1.29 is 5.11 Å². The maximum atomic E-state index is 9.94. The lowest BCUT2D eigenvalue weighted by Gasteiger charge is -2.09. The molecule has 0 radical (unpaired) electrons. The van der Waals surface area contributed by atoms with Crippen molar-refractivity contribution in [1.29, 1.82) is 0 Å². The summed E-state index contributed by atoms with van der Waals surface area (Å²) in [6.45, 7) is 2.23. The van der Waals surface area contributed by atoms with Gasteiger partial charge in [-0.25, -0.2) is 0 Å². The number of aliphatic hydroxyl groups excluding tert-OH is 1. The number of halogens is 1. The highest BCUT2D eigenvalue weighted by Crippen LogP contribution is 2.19. The summed E-state index contributed by atoms with van der Waals surface area (Å²) < 4.78 is 0.952. The van der Waals surface area contributed by atoms with E-state index in [4.69, 9.17) is 0 Å². The van der Waals surface area contributed by atoms with Crippen LogP contribution >= 0.6 is 15.9 Å². The van der Waals surface area contributed by atoms with Crippen molar-refractivity contribution in [2.24, 2.45) is 0 Å². The number of aliphatic hydroxyl groups is 1. The standard InChI is InChI=1S/C14H22BrNO/c1-2-3-4-5-6-7-8-14(17)13-10-9-12(15)11-16-13/h9-11,14,17H,2-8H2,1H3. The van der Waals surface area contributed by atoms with E-state index in [1.807, 2.05) is 12.1 Å². The molecule has 0 aromatic carbocycles. The monoisotopic (exact) mass is 299 g/mol. The molecular weight excluding hydrogens is 278 g/mol. The molecule has 2 nitrogen and oxygen atoms in total. The molecule has 0 fully saturated rings. The second-order valence-electron chi connectivity index (χ2n) is 4.47. The first-order valence-electron chi connectivity index (χ1n) is 6.53. The first-order chi connectivity index (χ1) is 8.24. The minimum Gasteiger partial charge on any atom is -0.387 e. The first kappa shape index (κ1) is 14.7. The normalized spacial score (nSPS) is 12.6. The Kier molecular flexibility index (Phi) is 7.45. The lowest BCUT2D eigenvalue weighted by Crippen LogP contribution is -2.00. The number of rotatable bonds is 8. The first-order valence-corrected chi connectivity index (χ1v) is 7.33. The fourth-order valence-corrected chi connectivity index (χ4v) is 2.08. The summed E-state index contributed by atoms with van der Waals surface area (Å²) >= 11 is 3.34. The van der Waals surface area contributed by atoms with E-state index < -0.39 is 6.10 Å². The largest absolute Gasteiger partial charge is 0.387 e. The molecule has 0 aliphatic rings. The Morgan fingerprint density at radius 1 is 1.18 bits per heavy atom. The average Bonchev–Trinajstić information content (AvgIpc) is 2.34. The van der Waals surface area contributed by atoms with Crippen LogP contribution in [0.25, 0.3) is 0 Å². The van der Waals surface area contributed by atoms with Gasteiger partial charge in [-0.15, -0.1) is 0 Å². The van der Waals surface area contributed by atoms with E-state index in [0.29, 0.717) is 0 Å². The van der Waals surface area contributed by atoms with Gasteiger partial charge in [0.2, 0.25) is 0 Å². The molecule has 0 bridgehead atoms. The molecule has 1 rings (SSSR count). The zero-order chi connectivity index (χ0) is 12.5. The summed E-state index contributed by atoms with van der Waals surface area (Å²) in [5.74, 6) is 0. The highest BCUT2D eigenvalue weighted by molar-refractivity contribution is 9.10. The van der Waals surface area contributed by atoms with Gasteiger partial charge < -0.3 is 5.11 Å². The molecule has 17 heavy (non-hydrogen) atoms. The number of hydrogen-bond donors (Lipinski definition) is 1. The van der Waals surface area contributed by atoms with Crippen molar-refractivity contribution in [1.82, 2.24) is 4.98 Å². The molecule has 0 saturated heterocycles. The van der Waals surface area contributed by atoms with E-state index in [0.717, 1.165) is 23.0 Å². The summed E-state index contributed by atoms with van der Waals surface area (Å²) in [7, 11) is 0. The van der Waals surface area contributed by atoms with Crippen LogP contribution in [0.4, 0.5) is 0 Å². The fraction of sp³-hybridized carbons (Fsp3) is 0.643. The predicted octanol–water partition coefficient (Wildman–Crippen LogP) is 4.63. The fourth-order valence-electron chi connectivity index (χ4n) is 1.85. The lowest BCUT2D eigenvalue weighted by molar-refractivity contribution is 0.158. The minimum atomic E-state index is -0.408. The SMILES string of the molecule is CCCCCCCCC(O)c1ccc(Br)cn1. The molecule has 1 aromatic heterocycles. The van der Waals surface area contributed by atoms with Crippen LogP contribution in [0.2, 0.25) is 0 Å². The van der Waals surface area contributed by atoms with Crippen LogP contribution in [0.15, 0.2) is 22.8 Å². The molecule has 3 heteroatoms. The van der Waals surface area contributed by atoms with Gasteiger partial charge >= 0.3 is 0 Å². The maximum Gasteiger partial charge on any atom is 0.0959 e. The third-order valence-electron chi connectivity index (χ3n) is 2.92. The van der Waals surface area contributed by atoms with E-state index in [2.05, 4.69) is 27.8 Å². The van der Waals surface area contributed by atoms with Crippen LogP contribution in [-0.2, 0) is 0 Å². The van der Waals surface area contributed by atoms with Gasteiger partial charge in [-0.2, -0.15) is 0 Å². The third kappa shape index (κ3) is 6.18. The zero-order valence-electron chi connectivity index (χ0n) is 10.5. The van der Waals surface area contributed by atoms with Gasteiger partial charge in [-0.05, 0) is 34.5 Å². The second-order valence-corrected chi connectivity index (χ2v) is 5.39. The van der Waals surface area contributed by atoms with Crippen molar-refractivity contribution >= 4 is 15.9 Å². The summed E-state index contributed by atoms with van der Waals surface area (Å²) in [6.07, 6.45) is 9.67. The van der Waals surface area contributed by atoms with Crippen LogP contribution in [0.1, 0.15) is 63.7 Å². The molecule has 1 unspecified atom stereocenters. The molecule has 0 saturated carbocycles. The molecular formula is C14H22BrNO. The van der Waals surface area contributed by atoms with Gasteiger partial charge in [0.1, 0.15) is 0 Å². The maximum absolute atomic E-state index is 9.94. The lowest BCUT2D eigenvalue weighted by atomic mass is 10.1. The highest BCUT2D eigenvalue weighted by Gasteiger charge is 2.07. The second kappa shape index (κ2) is 8.65. The smallest absolute Gasteiger partial charge is 0.0959 e. The molecule has 0 aliphatic heterocycles. The summed E-state index contributed by atoms with van der Waals surface area (Å²) in [6, 6.07) is 3.80. The molecule has 0 spiro atoms. The van der Waals surface area contributed by atoms with Crippen molar-refractivity contribution in [3.63, 3.8) is 0 Å². The Bertz CT molecular complexity index is 300. The van der Waals surface area contributed by atoms with Crippen LogP contribution in [-0.4, -0.2) is 10.1 Å². The van der Waals surface area contributed by atoms with E-state index in [1.165, 1.54) is 32.1 Å². The predicted molar refractivity (Wildman–Crippen MR) is 74.9 cm³/mol. The van der Waals surface area contributed by atoms with Crippen LogP contribution in [0.5, 0.6) is 0 Å². The Morgan fingerprint density at radius 3 is 2.53 bits per heavy atom. The van der Waals surface area contributed by atoms with E-state index in [9.17, 15) is 5.11 Å². The molecule has 96 valence electrons.